The molecule has 0 fully saturated rings. The summed E-state index contributed by atoms with van der Waals surface area (Å²) >= 11 is 0. The molecule has 0 atom stereocenters. The summed E-state index contributed by atoms with van der Waals surface area (Å²) in [7, 11) is 0. The fourth-order valence-corrected chi connectivity index (χ4v) is 3.22. The topological polar surface area (TPSA) is 91.6 Å². The Hall–Kier alpha value is -3.09. The van der Waals surface area contributed by atoms with Crippen LogP contribution in [0, 0.1) is 6.92 Å². The molecular weight excluding hydrogens is 346 g/mol. The van der Waals surface area contributed by atoms with E-state index in [0.717, 1.165) is 5.56 Å². The lowest BCUT2D eigenvalue weighted by molar-refractivity contribution is 0.0639. The first kappa shape index (κ1) is 18.7. The van der Waals surface area contributed by atoms with E-state index in [0.29, 0.717) is 24.3 Å². The maximum Gasteiger partial charge on any atom is 0.274 e. The van der Waals surface area contributed by atoms with Gasteiger partial charge in [0.15, 0.2) is 11.4 Å². The van der Waals surface area contributed by atoms with Crippen molar-refractivity contribution in [3.05, 3.63) is 63.1 Å². The fourth-order valence-electron chi connectivity index (χ4n) is 3.22. The van der Waals surface area contributed by atoms with Crippen molar-refractivity contribution in [2.45, 2.75) is 39.9 Å². The maximum absolute atomic E-state index is 12.7. The van der Waals surface area contributed by atoms with E-state index in [1.165, 1.54) is 6.07 Å². The van der Waals surface area contributed by atoms with Crippen LogP contribution >= 0.6 is 0 Å². The molecule has 2 amide bonds. The van der Waals surface area contributed by atoms with Crippen molar-refractivity contribution in [2.75, 3.05) is 6.54 Å². The lowest BCUT2D eigenvalue weighted by Gasteiger charge is -2.34. The largest absolute Gasteiger partial charge is 0.503 e. The average molecular weight is 369 g/mol. The third kappa shape index (κ3) is 3.58. The van der Waals surface area contributed by atoms with Crippen molar-refractivity contribution in [1.29, 1.82) is 0 Å². The number of hydrogen-bond acceptors (Lipinski definition) is 4. The molecule has 0 bridgehead atoms. The second-order valence-electron chi connectivity index (χ2n) is 6.99. The van der Waals surface area contributed by atoms with Crippen LogP contribution < -0.4 is 10.7 Å². The molecule has 0 unspecified atom stereocenters. The Bertz CT molecular complexity index is 945. The number of pyridine rings is 1. The summed E-state index contributed by atoms with van der Waals surface area (Å²) in [6, 6.07) is 8.39. The molecule has 2 heterocycles. The highest BCUT2D eigenvalue weighted by Crippen LogP contribution is 2.22. The summed E-state index contributed by atoms with van der Waals surface area (Å²) in [5.41, 5.74) is 1.42. The number of carbonyl (C=O) groups excluding carboxylic acids is 2. The Morgan fingerprint density at radius 3 is 2.48 bits per heavy atom. The molecule has 2 N–H and O–H groups in total. The molecule has 1 aromatic heterocycles. The molecule has 3 rings (SSSR count). The number of nitrogens with zero attached hydrogens (tertiary/aromatic N) is 2. The number of aromatic hydroxyl groups is 1. The molecule has 27 heavy (non-hydrogen) atoms. The Morgan fingerprint density at radius 1 is 1.19 bits per heavy atom. The number of nitrogens with one attached hydrogen (secondary N) is 1. The summed E-state index contributed by atoms with van der Waals surface area (Å²) in [6.45, 7) is 6.72. The predicted octanol–water partition coefficient (Wildman–Crippen LogP) is 1.66. The van der Waals surface area contributed by atoms with Gasteiger partial charge in [-0.1, -0.05) is 17.7 Å². The van der Waals surface area contributed by atoms with Gasteiger partial charge in [-0.25, -0.2) is 0 Å². The molecule has 2 aromatic rings. The summed E-state index contributed by atoms with van der Waals surface area (Å²) in [5, 5.41) is 12.9. The number of rotatable bonds is 4. The van der Waals surface area contributed by atoms with E-state index in [1.54, 1.807) is 21.6 Å². The first-order valence-electron chi connectivity index (χ1n) is 8.91. The average Bonchev–Trinajstić information content (AvgIpc) is 2.63. The smallest absolute Gasteiger partial charge is 0.274 e. The molecule has 0 spiro atoms. The first-order valence-corrected chi connectivity index (χ1v) is 8.91. The SMILES string of the molecule is Cc1ccc(C(=O)NCc2cc(=O)c(O)c3n2CCN(C(C)C)C3=O)cc1. The third-order valence-electron chi connectivity index (χ3n) is 4.77. The minimum atomic E-state index is -0.625. The zero-order valence-corrected chi connectivity index (χ0v) is 15.7. The van der Waals surface area contributed by atoms with Crippen molar-refractivity contribution in [3.63, 3.8) is 0 Å². The molecule has 7 nitrogen and oxygen atoms in total. The lowest BCUT2D eigenvalue weighted by Crippen LogP contribution is -2.46. The molecule has 7 heteroatoms. The van der Waals surface area contributed by atoms with Crippen LogP contribution in [0.15, 0.2) is 35.1 Å². The summed E-state index contributed by atoms with van der Waals surface area (Å²) in [5.74, 6) is -1.19. The van der Waals surface area contributed by atoms with E-state index >= 15 is 0 Å². The van der Waals surface area contributed by atoms with E-state index in [4.69, 9.17) is 0 Å². The second kappa shape index (κ2) is 7.26. The summed E-state index contributed by atoms with van der Waals surface area (Å²) in [6.07, 6.45) is 0. The highest BCUT2D eigenvalue weighted by atomic mass is 16.3. The van der Waals surface area contributed by atoms with Gasteiger partial charge < -0.3 is 19.9 Å². The van der Waals surface area contributed by atoms with Gasteiger partial charge in [-0.2, -0.15) is 0 Å². The fraction of sp³-hybridized carbons (Fsp3) is 0.350. The lowest BCUT2D eigenvalue weighted by atomic mass is 10.1. The molecule has 1 aliphatic heterocycles. The van der Waals surface area contributed by atoms with Gasteiger partial charge in [-0.15, -0.1) is 0 Å². The van der Waals surface area contributed by atoms with Gasteiger partial charge in [0, 0.05) is 36.5 Å². The van der Waals surface area contributed by atoms with Gasteiger partial charge >= 0.3 is 0 Å². The third-order valence-corrected chi connectivity index (χ3v) is 4.77. The normalized spacial score (nSPS) is 13.6. The Labute approximate surface area is 157 Å². The number of hydrogen-bond donors (Lipinski definition) is 2. The van der Waals surface area contributed by atoms with Crippen LogP contribution in [-0.4, -0.2) is 39.0 Å². The van der Waals surface area contributed by atoms with Crippen LogP contribution in [0.3, 0.4) is 0 Å². The van der Waals surface area contributed by atoms with E-state index < -0.39 is 11.2 Å². The van der Waals surface area contributed by atoms with E-state index in [9.17, 15) is 19.5 Å². The molecule has 0 saturated heterocycles. The van der Waals surface area contributed by atoms with Crippen LogP contribution in [0.1, 0.15) is 46.0 Å². The van der Waals surface area contributed by atoms with Crippen molar-refractivity contribution < 1.29 is 14.7 Å². The molecule has 142 valence electrons. The van der Waals surface area contributed by atoms with Crippen LogP contribution in [-0.2, 0) is 13.1 Å². The molecule has 0 aliphatic carbocycles. The van der Waals surface area contributed by atoms with Crippen molar-refractivity contribution in [3.8, 4) is 5.75 Å². The quantitative estimate of drug-likeness (QED) is 0.857. The Balaban J connectivity index is 1.88. The van der Waals surface area contributed by atoms with Gasteiger partial charge in [0.25, 0.3) is 11.8 Å². The highest BCUT2D eigenvalue weighted by molar-refractivity contribution is 5.96. The number of aromatic nitrogens is 1. The van der Waals surface area contributed by atoms with Crippen LogP contribution in [0.25, 0.3) is 0 Å². The number of carbonyl (C=O) groups is 2. The number of benzene rings is 1. The van der Waals surface area contributed by atoms with Crippen molar-refractivity contribution in [2.24, 2.45) is 0 Å². The standard InChI is InChI=1S/C20H23N3O4/c1-12(2)22-8-9-23-15(10-16(24)18(25)17(23)20(22)27)11-21-19(26)14-6-4-13(3)5-7-14/h4-7,10,12,25H,8-9,11H2,1-3H3,(H,21,26). The van der Waals surface area contributed by atoms with E-state index in [-0.39, 0.29) is 30.1 Å². The zero-order valence-electron chi connectivity index (χ0n) is 15.7. The minimum absolute atomic E-state index is 0.0120. The molecule has 1 aromatic carbocycles. The van der Waals surface area contributed by atoms with Gasteiger partial charge in [0.2, 0.25) is 5.43 Å². The molecule has 0 radical (unpaired) electrons. The Morgan fingerprint density at radius 2 is 1.85 bits per heavy atom. The molecule has 1 aliphatic rings. The van der Waals surface area contributed by atoms with Crippen LogP contribution in [0.5, 0.6) is 5.75 Å². The second-order valence-corrected chi connectivity index (χ2v) is 6.99. The number of amides is 2. The maximum atomic E-state index is 12.7. The van der Waals surface area contributed by atoms with Crippen molar-refractivity contribution >= 4 is 11.8 Å². The predicted molar refractivity (Wildman–Crippen MR) is 101 cm³/mol. The van der Waals surface area contributed by atoms with E-state index in [1.807, 2.05) is 32.9 Å². The summed E-state index contributed by atoms with van der Waals surface area (Å²) in [4.78, 5) is 38.8. The monoisotopic (exact) mass is 369 g/mol. The summed E-state index contributed by atoms with van der Waals surface area (Å²) < 4.78 is 1.62. The van der Waals surface area contributed by atoms with Crippen LogP contribution in [0.4, 0.5) is 0 Å². The van der Waals surface area contributed by atoms with Crippen LogP contribution in [0.2, 0.25) is 0 Å². The van der Waals surface area contributed by atoms with Gasteiger partial charge in [-0.05, 0) is 32.9 Å². The van der Waals surface area contributed by atoms with Gasteiger partial charge in [-0.3, -0.25) is 14.4 Å². The highest BCUT2D eigenvalue weighted by Gasteiger charge is 2.31. The van der Waals surface area contributed by atoms with E-state index in [2.05, 4.69) is 5.32 Å². The number of fused-ring (bicyclic) bond motifs is 1. The zero-order chi connectivity index (χ0) is 19.7. The minimum Gasteiger partial charge on any atom is -0.503 e. The van der Waals surface area contributed by atoms with Crippen molar-refractivity contribution in [1.82, 2.24) is 14.8 Å². The van der Waals surface area contributed by atoms with Gasteiger partial charge in [0.05, 0.1) is 6.54 Å². The van der Waals surface area contributed by atoms with Gasteiger partial charge in [0.1, 0.15) is 0 Å². The first-order chi connectivity index (χ1) is 12.8. The molecule has 0 saturated carbocycles. The molecular formula is C20H23N3O4. The number of aryl methyl sites for hydroxylation is 1. The Kier molecular flexibility index (Phi) is 5.03.